The number of hydrogen-bond donors (Lipinski definition) is 2. The van der Waals surface area contributed by atoms with Gasteiger partial charge in [0.05, 0.1) is 22.1 Å². The zero-order chi connectivity index (χ0) is 23.7. The SMILES string of the molecule is CC(=O)N(C)[C@H]1CC[C@H](Oc2cc(F)ccc2Nc2ncnc3sc(C(N)=O)c(C)c23)CC1. The lowest BCUT2D eigenvalue weighted by atomic mass is 9.92. The van der Waals surface area contributed by atoms with E-state index in [0.29, 0.717) is 37.9 Å². The minimum absolute atomic E-state index is 0.0513. The van der Waals surface area contributed by atoms with Crippen LogP contribution in [-0.4, -0.2) is 45.9 Å². The number of carbonyl (C=O) groups excluding carboxylic acids is 2. The fourth-order valence-corrected chi connectivity index (χ4v) is 5.21. The first kappa shape index (κ1) is 22.9. The molecular formula is C23H26FN5O3S. The van der Waals surface area contributed by atoms with Crippen LogP contribution in [0.4, 0.5) is 15.9 Å². The molecule has 0 atom stereocenters. The number of hydrogen-bond acceptors (Lipinski definition) is 7. The third-order valence-electron chi connectivity index (χ3n) is 6.13. The lowest BCUT2D eigenvalue weighted by Gasteiger charge is -2.34. The fraction of sp³-hybridized carbons (Fsp3) is 0.391. The zero-order valence-electron chi connectivity index (χ0n) is 18.7. The van der Waals surface area contributed by atoms with Gasteiger partial charge in [-0.3, -0.25) is 9.59 Å². The summed E-state index contributed by atoms with van der Waals surface area (Å²) in [7, 11) is 1.82. The molecule has 0 radical (unpaired) electrons. The molecule has 2 amide bonds. The van der Waals surface area contributed by atoms with Crippen LogP contribution in [0.1, 0.15) is 47.8 Å². The predicted molar refractivity (Wildman–Crippen MR) is 125 cm³/mol. The van der Waals surface area contributed by atoms with Crippen molar-refractivity contribution in [2.75, 3.05) is 12.4 Å². The van der Waals surface area contributed by atoms with Crippen LogP contribution in [0, 0.1) is 12.7 Å². The molecule has 8 nitrogen and oxygen atoms in total. The van der Waals surface area contributed by atoms with Crippen LogP contribution >= 0.6 is 11.3 Å². The lowest BCUT2D eigenvalue weighted by molar-refractivity contribution is -0.130. The van der Waals surface area contributed by atoms with Gasteiger partial charge in [0.25, 0.3) is 5.91 Å². The van der Waals surface area contributed by atoms with Crippen molar-refractivity contribution in [2.24, 2.45) is 5.73 Å². The number of nitrogens with zero attached hydrogens (tertiary/aromatic N) is 3. The summed E-state index contributed by atoms with van der Waals surface area (Å²) >= 11 is 1.21. The highest BCUT2D eigenvalue weighted by Gasteiger charge is 2.27. The Morgan fingerprint density at radius 1 is 1.24 bits per heavy atom. The molecular weight excluding hydrogens is 445 g/mol. The third-order valence-corrected chi connectivity index (χ3v) is 7.34. The molecule has 0 spiro atoms. The van der Waals surface area contributed by atoms with E-state index >= 15 is 0 Å². The van der Waals surface area contributed by atoms with E-state index < -0.39 is 11.7 Å². The topological polar surface area (TPSA) is 110 Å². The number of ether oxygens (including phenoxy) is 1. The predicted octanol–water partition coefficient (Wildman–Crippen LogP) is 4.15. The van der Waals surface area contributed by atoms with Crippen molar-refractivity contribution in [3.05, 3.63) is 40.8 Å². The molecule has 3 aromatic rings. The normalized spacial score (nSPS) is 18.2. The highest BCUT2D eigenvalue weighted by molar-refractivity contribution is 7.20. The summed E-state index contributed by atoms with van der Waals surface area (Å²) < 4.78 is 20.3. The highest BCUT2D eigenvalue weighted by Crippen LogP contribution is 2.37. The molecule has 10 heteroatoms. The minimum Gasteiger partial charge on any atom is -0.488 e. The number of halogens is 1. The van der Waals surface area contributed by atoms with Crippen LogP contribution in [0.15, 0.2) is 24.5 Å². The monoisotopic (exact) mass is 471 g/mol. The van der Waals surface area contributed by atoms with Gasteiger partial charge in [-0.25, -0.2) is 14.4 Å². The number of nitrogens with two attached hydrogens (primary N) is 1. The number of aromatic nitrogens is 2. The number of primary amides is 1. The van der Waals surface area contributed by atoms with Gasteiger partial charge >= 0.3 is 0 Å². The van der Waals surface area contributed by atoms with E-state index in [-0.39, 0.29) is 18.1 Å². The molecule has 2 heterocycles. The van der Waals surface area contributed by atoms with Crippen molar-refractivity contribution in [1.82, 2.24) is 14.9 Å². The number of thiophene rings is 1. The second-order valence-electron chi connectivity index (χ2n) is 8.27. The maximum absolute atomic E-state index is 14.1. The van der Waals surface area contributed by atoms with Gasteiger partial charge in [-0.2, -0.15) is 0 Å². The number of nitrogens with one attached hydrogen (secondary N) is 1. The molecule has 1 saturated carbocycles. The van der Waals surface area contributed by atoms with Crippen LogP contribution in [0.25, 0.3) is 10.2 Å². The summed E-state index contributed by atoms with van der Waals surface area (Å²) in [6.07, 6.45) is 4.51. The van der Waals surface area contributed by atoms with Crippen LogP contribution in [-0.2, 0) is 4.79 Å². The van der Waals surface area contributed by atoms with Gasteiger partial charge in [0.15, 0.2) is 0 Å². The molecule has 1 fully saturated rings. The number of amides is 2. The number of anilines is 2. The molecule has 1 aliphatic carbocycles. The Hall–Kier alpha value is -3.27. The van der Waals surface area contributed by atoms with Crippen LogP contribution in [0.3, 0.4) is 0 Å². The van der Waals surface area contributed by atoms with E-state index in [1.807, 2.05) is 7.05 Å². The zero-order valence-corrected chi connectivity index (χ0v) is 19.5. The van der Waals surface area contributed by atoms with Crippen LogP contribution in [0.2, 0.25) is 0 Å². The Bertz CT molecular complexity index is 1210. The van der Waals surface area contributed by atoms with E-state index in [1.54, 1.807) is 24.8 Å². The van der Waals surface area contributed by atoms with Gasteiger partial charge in [0.2, 0.25) is 5.91 Å². The number of rotatable bonds is 6. The van der Waals surface area contributed by atoms with Crippen molar-refractivity contribution < 1.29 is 18.7 Å². The Kier molecular flexibility index (Phi) is 6.46. The lowest BCUT2D eigenvalue weighted by Crippen LogP contribution is -2.40. The first-order chi connectivity index (χ1) is 15.7. The molecule has 3 N–H and O–H groups in total. The average Bonchev–Trinajstić information content (AvgIpc) is 3.13. The van der Waals surface area contributed by atoms with E-state index in [2.05, 4.69) is 15.3 Å². The quantitative estimate of drug-likeness (QED) is 0.559. The van der Waals surface area contributed by atoms with Gasteiger partial charge in [-0.1, -0.05) is 0 Å². The second kappa shape index (κ2) is 9.30. The summed E-state index contributed by atoms with van der Waals surface area (Å²) in [5, 5.41) is 3.92. The Morgan fingerprint density at radius 2 is 1.97 bits per heavy atom. The third kappa shape index (κ3) is 4.75. The van der Waals surface area contributed by atoms with E-state index in [4.69, 9.17) is 10.5 Å². The maximum atomic E-state index is 14.1. The largest absolute Gasteiger partial charge is 0.488 e. The number of aryl methyl sites for hydroxylation is 1. The molecule has 0 unspecified atom stereocenters. The highest BCUT2D eigenvalue weighted by atomic mass is 32.1. The van der Waals surface area contributed by atoms with Gasteiger partial charge in [0, 0.05) is 26.1 Å². The van der Waals surface area contributed by atoms with Gasteiger partial charge in [-0.15, -0.1) is 11.3 Å². The van der Waals surface area contributed by atoms with Crippen molar-refractivity contribution in [3.63, 3.8) is 0 Å². The smallest absolute Gasteiger partial charge is 0.259 e. The number of benzene rings is 1. The maximum Gasteiger partial charge on any atom is 0.259 e. The van der Waals surface area contributed by atoms with Crippen LogP contribution in [0.5, 0.6) is 5.75 Å². The van der Waals surface area contributed by atoms with E-state index in [0.717, 1.165) is 25.7 Å². The first-order valence-corrected chi connectivity index (χ1v) is 11.6. The summed E-state index contributed by atoms with van der Waals surface area (Å²) in [5.74, 6) is 0.00222. The Labute approximate surface area is 195 Å². The molecule has 174 valence electrons. The van der Waals surface area contributed by atoms with Crippen molar-refractivity contribution >= 4 is 44.9 Å². The Morgan fingerprint density at radius 3 is 2.64 bits per heavy atom. The second-order valence-corrected chi connectivity index (χ2v) is 9.27. The van der Waals surface area contributed by atoms with Gasteiger partial charge < -0.3 is 20.7 Å². The molecule has 0 saturated heterocycles. The van der Waals surface area contributed by atoms with Crippen molar-refractivity contribution in [1.29, 1.82) is 0 Å². The molecule has 4 rings (SSSR count). The number of carbonyl (C=O) groups is 2. The molecule has 0 bridgehead atoms. The van der Waals surface area contributed by atoms with Gasteiger partial charge in [-0.05, 0) is 50.3 Å². The summed E-state index contributed by atoms with van der Waals surface area (Å²) in [4.78, 5) is 34.8. The summed E-state index contributed by atoms with van der Waals surface area (Å²) in [6, 6.07) is 4.50. The Balaban J connectivity index is 1.57. The van der Waals surface area contributed by atoms with Crippen molar-refractivity contribution in [3.8, 4) is 5.75 Å². The first-order valence-electron chi connectivity index (χ1n) is 10.7. The van der Waals surface area contributed by atoms with E-state index in [1.165, 1.54) is 29.8 Å². The standard InChI is InChI=1S/C23H26FN5O3S/c1-12-19-22(26-11-27-23(19)33-20(12)21(25)31)28-17-9-4-14(24)10-18(17)32-16-7-5-15(6-8-16)29(3)13(2)30/h4,9-11,15-16H,5-8H2,1-3H3,(H2,25,31)(H,26,27,28)/t15-,16-. The molecule has 33 heavy (non-hydrogen) atoms. The summed E-state index contributed by atoms with van der Waals surface area (Å²) in [6.45, 7) is 3.37. The van der Waals surface area contributed by atoms with Crippen LogP contribution < -0.4 is 15.8 Å². The molecule has 1 aromatic carbocycles. The molecule has 2 aromatic heterocycles. The minimum atomic E-state index is -0.515. The molecule has 1 aliphatic rings. The van der Waals surface area contributed by atoms with E-state index in [9.17, 15) is 14.0 Å². The van der Waals surface area contributed by atoms with Crippen molar-refractivity contribution in [2.45, 2.75) is 51.7 Å². The fourth-order valence-electron chi connectivity index (χ4n) is 4.21. The van der Waals surface area contributed by atoms with Gasteiger partial charge in [0.1, 0.15) is 28.5 Å². The average molecular weight is 472 g/mol. The summed E-state index contributed by atoms with van der Waals surface area (Å²) in [5.41, 5.74) is 6.75. The molecule has 0 aliphatic heterocycles. The number of fused-ring (bicyclic) bond motifs is 1.